The van der Waals surface area contributed by atoms with E-state index in [1.165, 1.54) is 0 Å². The van der Waals surface area contributed by atoms with Crippen LogP contribution in [-0.4, -0.2) is 7.11 Å². The number of hydrogen-bond donors (Lipinski definition) is 1. The number of anilines is 1. The van der Waals surface area contributed by atoms with Gasteiger partial charge in [0.1, 0.15) is 17.6 Å². The van der Waals surface area contributed by atoms with Crippen LogP contribution in [0.1, 0.15) is 5.56 Å². The van der Waals surface area contributed by atoms with Gasteiger partial charge in [-0.15, -0.1) is 0 Å². The number of nitrogens with two attached hydrogens (primary N) is 1. The summed E-state index contributed by atoms with van der Waals surface area (Å²) >= 11 is 0. The third-order valence-corrected chi connectivity index (χ3v) is 2.44. The minimum absolute atomic E-state index is 0.460. The molecule has 2 N–H and O–H groups in total. The van der Waals surface area contributed by atoms with Crippen molar-refractivity contribution in [3.05, 3.63) is 48.0 Å². The maximum absolute atomic E-state index is 8.97. The van der Waals surface area contributed by atoms with Crippen LogP contribution in [0.3, 0.4) is 0 Å². The molecule has 0 saturated heterocycles. The molecular weight excluding hydrogens is 228 g/mol. The van der Waals surface area contributed by atoms with Crippen molar-refractivity contribution in [2.45, 2.75) is 0 Å². The number of hydrogen-bond acceptors (Lipinski definition) is 4. The molecule has 2 aromatic rings. The van der Waals surface area contributed by atoms with Gasteiger partial charge in [0.25, 0.3) is 0 Å². The lowest BCUT2D eigenvalue weighted by molar-refractivity contribution is 0.413. The smallest absolute Gasteiger partial charge is 0.150 e. The summed E-state index contributed by atoms with van der Waals surface area (Å²) in [6.45, 7) is 0. The predicted octanol–water partition coefficient (Wildman–Crippen LogP) is 2.94. The Hall–Kier alpha value is -2.67. The summed E-state index contributed by atoms with van der Waals surface area (Å²) in [5, 5.41) is 8.97. The molecule has 0 amide bonds. The Morgan fingerprint density at radius 2 is 1.89 bits per heavy atom. The molecule has 0 heterocycles. The molecule has 4 heteroatoms. The quantitative estimate of drug-likeness (QED) is 0.837. The second-order valence-corrected chi connectivity index (χ2v) is 3.61. The normalized spacial score (nSPS) is 9.56. The molecule has 2 aromatic carbocycles. The highest BCUT2D eigenvalue weighted by atomic mass is 16.5. The Bertz CT molecular complexity index is 603. The summed E-state index contributed by atoms with van der Waals surface area (Å²) in [5.41, 5.74) is 6.77. The number of rotatable bonds is 3. The van der Waals surface area contributed by atoms with Crippen LogP contribution in [0.5, 0.6) is 17.2 Å². The fourth-order valence-electron chi connectivity index (χ4n) is 1.51. The standard InChI is InChI=1S/C14H12N2O2/c1-17-11-6-7-14(12(16)8-11)18-13-5-3-2-4-10(13)9-15/h2-8H,16H2,1H3. The van der Waals surface area contributed by atoms with Crippen LogP contribution in [0.25, 0.3) is 0 Å². The van der Waals surface area contributed by atoms with E-state index in [2.05, 4.69) is 6.07 Å². The maximum Gasteiger partial charge on any atom is 0.150 e. The summed E-state index contributed by atoms with van der Waals surface area (Å²) in [7, 11) is 1.57. The first-order chi connectivity index (χ1) is 8.74. The second kappa shape index (κ2) is 5.11. The zero-order valence-corrected chi connectivity index (χ0v) is 9.88. The van der Waals surface area contributed by atoms with Crippen molar-refractivity contribution in [3.8, 4) is 23.3 Å². The molecule has 0 radical (unpaired) electrons. The van der Waals surface area contributed by atoms with E-state index in [4.69, 9.17) is 20.5 Å². The van der Waals surface area contributed by atoms with E-state index < -0.39 is 0 Å². The van der Waals surface area contributed by atoms with Gasteiger partial charge in [-0.1, -0.05) is 12.1 Å². The second-order valence-electron chi connectivity index (χ2n) is 3.61. The largest absolute Gasteiger partial charge is 0.497 e. The Labute approximate surface area is 105 Å². The lowest BCUT2D eigenvalue weighted by atomic mass is 10.2. The molecule has 0 spiro atoms. The Balaban J connectivity index is 2.32. The van der Waals surface area contributed by atoms with Gasteiger partial charge in [0.2, 0.25) is 0 Å². The molecule has 0 aromatic heterocycles. The van der Waals surface area contributed by atoms with Gasteiger partial charge in [0.05, 0.1) is 18.4 Å². The van der Waals surface area contributed by atoms with Gasteiger partial charge in [0, 0.05) is 6.07 Å². The molecule has 0 fully saturated rings. The third-order valence-electron chi connectivity index (χ3n) is 2.44. The average molecular weight is 240 g/mol. The lowest BCUT2D eigenvalue weighted by Gasteiger charge is -2.10. The van der Waals surface area contributed by atoms with Gasteiger partial charge in [0.15, 0.2) is 5.75 Å². The van der Waals surface area contributed by atoms with Crippen LogP contribution >= 0.6 is 0 Å². The van der Waals surface area contributed by atoms with Gasteiger partial charge < -0.3 is 15.2 Å². The van der Waals surface area contributed by atoms with E-state index in [-0.39, 0.29) is 0 Å². The van der Waals surface area contributed by atoms with Crippen molar-refractivity contribution in [1.82, 2.24) is 0 Å². The number of ether oxygens (including phenoxy) is 2. The molecule has 90 valence electrons. The van der Waals surface area contributed by atoms with Crippen LogP contribution < -0.4 is 15.2 Å². The summed E-state index contributed by atoms with van der Waals surface area (Å²) in [4.78, 5) is 0. The van der Waals surface area contributed by atoms with Gasteiger partial charge in [-0.3, -0.25) is 0 Å². The molecule has 0 aliphatic rings. The van der Waals surface area contributed by atoms with Crippen molar-refractivity contribution in [2.24, 2.45) is 0 Å². The first kappa shape index (κ1) is 11.8. The van der Waals surface area contributed by atoms with E-state index >= 15 is 0 Å². The highest BCUT2D eigenvalue weighted by Crippen LogP contribution is 2.31. The van der Waals surface area contributed by atoms with E-state index in [1.54, 1.807) is 49.6 Å². The summed E-state index contributed by atoms with van der Waals surface area (Å²) in [5.74, 6) is 1.64. The zero-order valence-electron chi connectivity index (χ0n) is 9.88. The minimum Gasteiger partial charge on any atom is -0.497 e. The van der Waals surface area contributed by atoms with E-state index in [0.717, 1.165) is 0 Å². The fourth-order valence-corrected chi connectivity index (χ4v) is 1.51. The number of methoxy groups -OCH3 is 1. The molecule has 0 bridgehead atoms. The zero-order chi connectivity index (χ0) is 13.0. The van der Waals surface area contributed by atoms with Crippen molar-refractivity contribution < 1.29 is 9.47 Å². The van der Waals surface area contributed by atoms with Gasteiger partial charge in [-0.05, 0) is 24.3 Å². The molecule has 2 rings (SSSR count). The number of nitrogen functional groups attached to an aromatic ring is 1. The first-order valence-electron chi connectivity index (χ1n) is 5.35. The Morgan fingerprint density at radius 3 is 2.56 bits per heavy atom. The topological polar surface area (TPSA) is 68.3 Å². The van der Waals surface area contributed by atoms with Gasteiger partial charge in [-0.2, -0.15) is 5.26 Å². The highest BCUT2D eigenvalue weighted by molar-refractivity contribution is 5.58. The van der Waals surface area contributed by atoms with Gasteiger partial charge in [-0.25, -0.2) is 0 Å². The number of benzene rings is 2. The van der Waals surface area contributed by atoms with Crippen LogP contribution in [-0.2, 0) is 0 Å². The van der Waals surface area contributed by atoms with E-state index in [1.807, 2.05) is 0 Å². The Kier molecular flexibility index (Phi) is 3.35. The monoisotopic (exact) mass is 240 g/mol. The summed E-state index contributed by atoms with van der Waals surface area (Å²) < 4.78 is 10.7. The first-order valence-corrected chi connectivity index (χ1v) is 5.35. The van der Waals surface area contributed by atoms with Crippen molar-refractivity contribution in [1.29, 1.82) is 5.26 Å². The molecule has 0 unspecified atom stereocenters. The molecule has 0 atom stereocenters. The van der Waals surface area contributed by atoms with E-state index in [9.17, 15) is 0 Å². The molecular formula is C14H12N2O2. The Morgan fingerprint density at radius 1 is 1.11 bits per heavy atom. The summed E-state index contributed by atoms with van der Waals surface area (Å²) in [6.07, 6.45) is 0. The van der Waals surface area contributed by atoms with E-state index in [0.29, 0.717) is 28.5 Å². The van der Waals surface area contributed by atoms with Gasteiger partial charge >= 0.3 is 0 Å². The third kappa shape index (κ3) is 2.36. The highest BCUT2D eigenvalue weighted by Gasteiger charge is 2.07. The number of nitrogens with zero attached hydrogens (tertiary/aromatic N) is 1. The SMILES string of the molecule is COc1ccc(Oc2ccccc2C#N)c(N)c1. The van der Waals surface area contributed by atoms with Crippen LogP contribution in [0.4, 0.5) is 5.69 Å². The van der Waals surface area contributed by atoms with Crippen molar-refractivity contribution >= 4 is 5.69 Å². The number of para-hydroxylation sites is 1. The maximum atomic E-state index is 8.97. The van der Waals surface area contributed by atoms with Crippen LogP contribution in [0.15, 0.2) is 42.5 Å². The van der Waals surface area contributed by atoms with Crippen molar-refractivity contribution in [3.63, 3.8) is 0 Å². The average Bonchev–Trinajstić information content (AvgIpc) is 2.41. The lowest BCUT2D eigenvalue weighted by Crippen LogP contribution is -1.94. The van der Waals surface area contributed by atoms with Crippen molar-refractivity contribution in [2.75, 3.05) is 12.8 Å². The fraction of sp³-hybridized carbons (Fsp3) is 0.0714. The molecule has 18 heavy (non-hydrogen) atoms. The van der Waals surface area contributed by atoms with Crippen LogP contribution in [0, 0.1) is 11.3 Å². The molecule has 4 nitrogen and oxygen atoms in total. The predicted molar refractivity (Wildman–Crippen MR) is 68.6 cm³/mol. The number of nitriles is 1. The minimum atomic E-state index is 0.460. The molecule has 0 saturated carbocycles. The molecule has 0 aliphatic heterocycles. The van der Waals surface area contributed by atoms with Crippen LogP contribution in [0.2, 0.25) is 0 Å². The summed E-state index contributed by atoms with van der Waals surface area (Å²) in [6, 6.07) is 14.2. The molecule has 0 aliphatic carbocycles.